The Balaban J connectivity index is 2.35. The fourth-order valence-corrected chi connectivity index (χ4v) is 2.92. The van der Waals surface area contributed by atoms with E-state index in [2.05, 4.69) is 5.10 Å². The first-order valence-electron chi connectivity index (χ1n) is 7.86. The zero-order chi connectivity index (χ0) is 17.3. The van der Waals surface area contributed by atoms with Crippen LogP contribution in [0.3, 0.4) is 0 Å². The highest BCUT2D eigenvalue weighted by atomic mass is 16.5. The van der Waals surface area contributed by atoms with E-state index in [-0.39, 0.29) is 0 Å². The van der Waals surface area contributed by atoms with Crippen molar-refractivity contribution in [2.75, 3.05) is 20.0 Å². The minimum absolute atomic E-state index is 0.409. The van der Waals surface area contributed by atoms with Crippen LogP contribution < -0.4 is 20.9 Å². The number of anilines is 1. The maximum Gasteiger partial charge on any atom is 0.132 e. The highest BCUT2D eigenvalue weighted by Crippen LogP contribution is 2.40. The number of nitrogens with zero attached hydrogens (tertiary/aromatic N) is 2. The van der Waals surface area contributed by atoms with E-state index in [0.717, 1.165) is 34.5 Å². The van der Waals surface area contributed by atoms with Gasteiger partial charge in [0, 0.05) is 6.54 Å². The highest BCUT2D eigenvalue weighted by Gasteiger charge is 2.19. The second-order valence-electron chi connectivity index (χ2n) is 5.50. The lowest BCUT2D eigenvalue weighted by Gasteiger charge is -2.16. The van der Waals surface area contributed by atoms with Gasteiger partial charge in [0.05, 0.1) is 42.4 Å². The molecule has 0 aliphatic heterocycles. The van der Waals surface area contributed by atoms with Crippen LogP contribution in [0.5, 0.6) is 11.5 Å². The molecule has 0 spiro atoms. The lowest BCUT2D eigenvalue weighted by atomic mass is 10.0. The van der Waals surface area contributed by atoms with Crippen LogP contribution in [0.1, 0.15) is 18.2 Å². The molecule has 0 bridgehead atoms. The molecule has 6 heteroatoms. The van der Waals surface area contributed by atoms with Crippen molar-refractivity contribution in [3.8, 4) is 22.8 Å². The van der Waals surface area contributed by atoms with Gasteiger partial charge in [-0.05, 0) is 36.2 Å². The summed E-state index contributed by atoms with van der Waals surface area (Å²) in [6.45, 7) is 2.45. The number of methoxy groups -OCH3 is 2. The van der Waals surface area contributed by atoms with E-state index < -0.39 is 0 Å². The van der Waals surface area contributed by atoms with E-state index in [1.165, 1.54) is 0 Å². The Kier molecular flexibility index (Phi) is 4.31. The van der Waals surface area contributed by atoms with Gasteiger partial charge in [-0.3, -0.25) is 0 Å². The minimum Gasteiger partial charge on any atom is -0.496 e. The molecule has 0 amide bonds. The van der Waals surface area contributed by atoms with Crippen LogP contribution in [-0.2, 0) is 13.0 Å². The second kappa shape index (κ2) is 6.41. The van der Waals surface area contributed by atoms with E-state index in [4.69, 9.17) is 20.9 Å². The first-order chi connectivity index (χ1) is 11.6. The average molecular weight is 326 g/mol. The number of benzene rings is 1. The van der Waals surface area contributed by atoms with Crippen LogP contribution in [0.25, 0.3) is 16.8 Å². The summed E-state index contributed by atoms with van der Waals surface area (Å²) in [7, 11) is 3.27. The van der Waals surface area contributed by atoms with Crippen molar-refractivity contribution in [1.29, 1.82) is 0 Å². The maximum atomic E-state index is 6.22. The largest absolute Gasteiger partial charge is 0.496 e. The van der Waals surface area contributed by atoms with Gasteiger partial charge in [0.2, 0.25) is 0 Å². The summed E-state index contributed by atoms with van der Waals surface area (Å²) in [5, 5.41) is 4.66. The number of rotatable bonds is 5. The van der Waals surface area contributed by atoms with Crippen molar-refractivity contribution in [2.45, 2.75) is 19.9 Å². The second-order valence-corrected chi connectivity index (χ2v) is 5.50. The van der Waals surface area contributed by atoms with E-state index in [0.29, 0.717) is 23.7 Å². The molecular formula is C18H22N4O2. The van der Waals surface area contributed by atoms with Gasteiger partial charge in [-0.15, -0.1) is 0 Å². The lowest BCUT2D eigenvalue weighted by molar-refractivity contribution is 0.396. The zero-order valence-corrected chi connectivity index (χ0v) is 14.2. The summed E-state index contributed by atoms with van der Waals surface area (Å²) in [5.74, 6) is 1.38. The topological polar surface area (TPSA) is 87.8 Å². The van der Waals surface area contributed by atoms with Crippen molar-refractivity contribution in [3.63, 3.8) is 0 Å². The molecule has 3 rings (SSSR count). The molecule has 1 aromatic carbocycles. The fraction of sp³-hybridized carbons (Fsp3) is 0.278. The van der Waals surface area contributed by atoms with Crippen molar-refractivity contribution >= 4 is 11.2 Å². The number of nitrogens with two attached hydrogens (primary N) is 2. The molecule has 0 atom stereocenters. The van der Waals surface area contributed by atoms with Gasteiger partial charge < -0.3 is 20.9 Å². The molecule has 24 heavy (non-hydrogen) atoms. The predicted octanol–water partition coefficient (Wildman–Crippen LogP) is 2.62. The summed E-state index contributed by atoms with van der Waals surface area (Å²) >= 11 is 0. The Bertz CT molecular complexity index is 861. The lowest BCUT2D eigenvalue weighted by Crippen LogP contribution is -2.03. The molecule has 4 N–H and O–H groups in total. The molecule has 3 aromatic rings. The number of nitrogen functional groups attached to an aromatic ring is 1. The number of aromatic nitrogens is 2. The van der Waals surface area contributed by atoms with Gasteiger partial charge in [-0.1, -0.05) is 13.0 Å². The third kappa shape index (κ3) is 2.45. The fourth-order valence-electron chi connectivity index (χ4n) is 2.92. The number of fused-ring (bicyclic) bond motifs is 1. The Labute approximate surface area is 141 Å². The Hall–Kier alpha value is -2.73. The standard InChI is InChI=1S/C18H22N4O2/c1-4-12-18(20)14-7-5-6-13(22(14)21-12)17-15(23-2)8-11(10-19)9-16(17)24-3/h5-9H,4,10,19-20H2,1-3H3. The van der Waals surface area contributed by atoms with E-state index in [1.54, 1.807) is 14.2 Å². The van der Waals surface area contributed by atoms with Crippen LogP contribution in [0.4, 0.5) is 5.69 Å². The molecule has 0 radical (unpaired) electrons. The Morgan fingerprint density at radius 1 is 1.12 bits per heavy atom. The third-order valence-electron chi connectivity index (χ3n) is 4.16. The third-order valence-corrected chi connectivity index (χ3v) is 4.16. The summed E-state index contributed by atoms with van der Waals surface area (Å²) in [5.41, 5.74) is 17.1. The molecule has 2 heterocycles. The molecular weight excluding hydrogens is 304 g/mol. The first kappa shape index (κ1) is 16.1. The normalized spacial score (nSPS) is 11.0. The number of ether oxygens (including phenoxy) is 2. The van der Waals surface area contributed by atoms with Crippen LogP contribution in [0.15, 0.2) is 30.3 Å². The SMILES string of the molecule is CCc1nn2c(-c3c(OC)cc(CN)cc3OC)cccc2c1N. The summed E-state index contributed by atoms with van der Waals surface area (Å²) in [4.78, 5) is 0. The summed E-state index contributed by atoms with van der Waals surface area (Å²) in [6, 6.07) is 9.73. The number of aryl methyl sites for hydroxylation is 1. The Morgan fingerprint density at radius 2 is 1.79 bits per heavy atom. The molecule has 0 fully saturated rings. The molecule has 0 aliphatic rings. The quantitative estimate of drug-likeness (QED) is 0.752. The van der Waals surface area contributed by atoms with Crippen LogP contribution >= 0.6 is 0 Å². The smallest absolute Gasteiger partial charge is 0.132 e. The molecule has 0 aliphatic carbocycles. The van der Waals surface area contributed by atoms with Crippen molar-refractivity contribution in [3.05, 3.63) is 41.6 Å². The number of hydrogen-bond donors (Lipinski definition) is 2. The molecule has 6 nitrogen and oxygen atoms in total. The highest BCUT2D eigenvalue weighted by molar-refractivity contribution is 5.81. The van der Waals surface area contributed by atoms with Crippen molar-refractivity contribution in [1.82, 2.24) is 9.61 Å². The average Bonchev–Trinajstić information content (AvgIpc) is 2.96. The zero-order valence-electron chi connectivity index (χ0n) is 14.2. The molecule has 0 saturated carbocycles. The van der Waals surface area contributed by atoms with Crippen LogP contribution in [-0.4, -0.2) is 23.8 Å². The van der Waals surface area contributed by atoms with Gasteiger partial charge in [-0.25, -0.2) is 4.52 Å². The van der Waals surface area contributed by atoms with E-state index in [1.807, 2.05) is 41.8 Å². The summed E-state index contributed by atoms with van der Waals surface area (Å²) in [6.07, 6.45) is 0.771. The molecule has 0 unspecified atom stereocenters. The number of hydrogen-bond acceptors (Lipinski definition) is 5. The molecule has 126 valence electrons. The van der Waals surface area contributed by atoms with Gasteiger partial charge in [0.15, 0.2) is 0 Å². The van der Waals surface area contributed by atoms with Gasteiger partial charge in [0.25, 0.3) is 0 Å². The molecule has 2 aromatic heterocycles. The maximum absolute atomic E-state index is 6.22. The van der Waals surface area contributed by atoms with Crippen LogP contribution in [0.2, 0.25) is 0 Å². The minimum atomic E-state index is 0.409. The van der Waals surface area contributed by atoms with Gasteiger partial charge >= 0.3 is 0 Å². The van der Waals surface area contributed by atoms with E-state index >= 15 is 0 Å². The first-order valence-corrected chi connectivity index (χ1v) is 7.86. The van der Waals surface area contributed by atoms with Gasteiger partial charge in [-0.2, -0.15) is 5.10 Å². The predicted molar refractivity (Wildman–Crippen MR) is 95.4 cm³/mol. The van der Waals surface area contributed by atoms with Gasteiger partial charge in [0.1, 0.15) is 11.5 Å². The van der Waals surface area contributed by atoms with Crippen molar-refractivity contribution < 1.29 is 9.47 Å². The monoisotopic (exact) mass is 326 g/mol. The summed E-state index contributed by atoms with van der Waals surface area (Å²) < 4.78 is 13.0. The number of pyridine rings is 1. The Morgan fingerprint density at radius 3 is 2.33 bits per heavy atom. The molecule has 0 saturated heterocycles. The van der Waals surface area contributed by atoms with Crippen LogP contribution in [0, 0.1) is 0 Å². The van der Waals surface area contributed by atoms with E-state index in [9.17, 15) is 0 Å². The van der Waals surface area contributed by atoms with Crippen molar-refractivity contribution in [2.24, 2.45) is 5.73 Å².